The molecule has 6 heteroatoms. The Hall–Kier alpha value is -1.95. The molecule has 1 aromatic heterocycles. The highest BCUT2D eigenvalue weighted by atomic mass is 15.6. The van der Waals surface area contributed by atoms with Crippen LogP contribution in [0.2, 0.25) is 0 Å². The maximum absolute atomic E-state index is 4.24. The van der Waals surface area contributed by atoms with E-state index in [0.717, 1.165) is 31.3 Å². The van der Waals surface area contributed by atoms with Gasteiger partial charge in [0.05, 0.1) is 5.69 Å². The van der Waals surface area contributed by atoms with E-state index in [1.807, 2.05) is 35.0 Å². The number of likely N-dealkylation sites (N-methyl/N-ethyl adjacent to an activating group) is 1. The second-order valence-corrected chi connectivity index (χ2v) is 5.01. The molecule has 1 atom stereocenters. The SMILES string of the molecule is CCN(c1nnnn1-c1ccccc1)C1CCCNC1. The Balaban J connectivity index is 1.91. The molecule has 0 saturated carbocycles. The Labute approximate surface area is 118 Å². The van der Waals surface area contributed by atoms with Crippen LogP contribution in [0, 0.1) is 0 Å². The first kappa shape index (κ1) is 13.1. The van der Waals surface area contributed by atoms with Crippen LogP contribution in [0.5, 0.6) is 0 Å². The molecule has 2 aromatic rings. The first-order valence-electron chi connectivity index (χ1n) is 7.21. The molecule has 0 spiro atoms. The predicted octanol–water partition coefficient (Wildman–Crippen LogP) is 1.24. The first-order chi connectivity index (χ1) is 9.90. The average Bonchev–Trinajstić information content (AvgIpc) is 2.99. The Kier molecular flexibility index (Phi) is 3.92. The van der Waals surface area contributed by atoms with Gasteiger partial charge in [-0.1, -0.05) is 23.3 Å². The lowest BCUT2D eigenvalue weighted by Crippen LogP contribution is -2.47. The summed E-state index contributed by atoms with van der Waals surface area (Å²) in [6, 6.07) is 10.5. The smallest absolute Gasteiger partial charge is 0.250 e. The van der Waals surface area contributed by atoms with Crippen molar-refractivity contribution in [1.82, 2.24) is 25.5 Å². The van der Waals surface area contributed by atoms with Crippen LogP contribution in [0.4, 0.5) is 5.95 Å². The molecular weight excluding hydrogens is 252 g/mol. The standard InChI is InChI=1S/C14H20N6/c1-2-19(13-9-6-10-15-11-13)14-16-17-18-20(14)12-7-4-3-5-8-12/h3-5,7-8,13,15H,2,6,9-11H2,1H3. The number of tetrazole rings is 1. The molecule has 2 heterocycles. The maximum atomic E-state index is 4.24. The van der Waals surface area contributed by atoms with Crippen LogP contribution in [-0.2, 0) is 0 Å². The highest BCUT2D eigenvalue weighted by Crippen LogP contribution is 2.20. The fourth-order valence-corrected chi connectivity index (χ4v) is 2.76. The Morgan fingerprint density at radius 3 is 2.90 bits per heavy atom. The molecule has 20 heavy (non-hydrogen) atoms. The van der Waals surface area contributed by atoms with E-state index in [2.05, 4.69) is 32.7 Å². The van der Waals surface area contributed by atoms with E-state index in [4.69, 9.17) is 0 Å². The molecule has 3 rings (SSSR count). The van der Waals surface area contributed by atoms with Gasteiger partial charge in [0.2, 0.25) is 0 Å². The summed E-state index contributed by atoms with van der Waals surface area (Å²) in [5.41, 5.74) is 0.995. The molecule has 6 nitrogen and oxygen atoms in total. The van der Waals surface area contributed by atoms with Crippen molar-refractivity contribution < 1.29 is 0 Å². The number of benzene rings is 1. The molecular formula is C14H20N6. The summed E-state index contributed by atoms with van der Waals surface area (Å²) < 4.78 is 1.82. The van der Waals surface area contributed by atoms with Crippen LogP contribution in [0.25, 0.3) is 5.69 Å². The largest absolute Gasteiger partial charge is 0.335 e. The highest BCUT2D eigenvalue weighted by molar-refractivity contribution is 5.41. The Morgan fingerprint density at radius 1 is 1.35 bits per heavy atom. The number of anilines is 1. The van der Waals surface area contributed by atoms with E-state index >= 15 is 0 Å². The molecule has 1 fully saturated rings. The van der Waals surface area contributed by atoms with Gasteiger partial charge in [0.1, 0.15) is 0 Å². The van der Waals surface area contributed by atoms with Gasteiger partial charge in [-0.25, -0.2) is 0 Å². The van der Waals surface area contributed by atoms with Crippen molar-refractivity contribution in [3.8, 4) is 5.69 Å². The topological polar surface area (TPSA) is 58.9 Å². The molecule has 0 radical (unpaired) electrons. The summed E-state index contributed by atoms with van der Waals surface area (Å²) in [5.74, 6) is 0.826. The van der Waals surface area contributed by atoms with Crippen molar-refractivity contribution in [2.45, 2.75) is 25.8 Å². The first-order valence-corrected chi connectivity index (χ1v) is 7.21. The zero-order valence-electron chi connectivity index (χ0n) is 11.7. The van der Waals surface area contributed by atoms with E-state index < -0.39 is 0 Å². The van der Waals surface area contributed by atoms with Gasteiger partial charge in [0, 0.05) is 19.1 Å². The maximum Gasteiger partial charge on any atom is 0.250 e. The molecule has 1 aliphatic rings. The van der Waals surface area contributed by atoms with Crippen molar-refractivity contribution >= 4 is 5.95 Å². The van der Waals surface area contributed by atoms with E-state index in [9.17, 15) is 0 Å². The van der Waals surface area contributed by atoms with Crippen molar-refractivity contribution in [2.24, 2.45) is 0 Å². The zero-order chi connectivity index (χ0) is 13.8. The van der Waals surface area contributed by atoms with Crippen LogP contribution in [0.15, 0.2) is 30.3 Å². The third-order valence-electron chi connectivity index (χ3n) is 3.76. The van der Waals surface area contributed by atoms with E-state index in [0.29, 0.717) is 6.04 Å². The highest BCUT2D eigenvalue weighted by Gasteiger charge is 2.24. The van der Waals surface area contributed by atoms with Gasteiger partial charge in [0.15, 0.2) is 0 Å². The van der Waals surface area contributed by atoms with Gasteiger partial charge >= 0.3 is 0 Å². The molecule has 0 bridgehead atoms. The average molecular weight is 272 g/mol. The summed E-state index contributed by atoms with van der Waals surface area (Å²) in [6.07, 6.45) is 2.39. The minimum Gasteiger partial charge on any atom is -0.335 e. The summed E-state index contributed by atoms with van der Waals surface area (Å²) in [4.78, 5) is 2.29. The van der Waals surface area contributed by atoms with Gasteiger partial charge in [-0.3, -0.25) is 0 Å². The van der Waals surface area contributed by atoms with Crippen molar-refractivity contribution in [1.29, 1.82) is 0 Å². The second kappa shape index (κ2) is 6.00. The number of nitrogens with one attached hydrogen (secondary N) is 1. The van der Waals surface area contributed by atoms with Crippen LogP contribution < -0.4 is 10.2 Å². The third kappa shape index (κ3) is 2.51. The molecule has 1 aromatic carbocycles. The molecule has 106 valence electrons. The zero-order valence-corrected chi connectivity index (χ0v) is 11.7. The van der Waals surface area contributed by atoms with Crippen LogP contribution >= 0.6 is 0 Å². The van der Waals surface area contributed by atoms with E-state index in [1.54, 1.807) is 0 Å². The molecule has 0 amide bonds. The Morgan fingerprint density at radius 2 is 2.20 bits per heavy atom. The van der Waals surface area contributed by atoms with Gasteiger partial charge in [-0.15, -0.1) is 0 Å². The Bertz CT molecular complexity index is 532. The van der Waals surface area contributed by atoms with Gasteiger partial charge < -0.3 is 10.2 Å². The van der Waals surface area contributed by atoms with Gasteiger partial charge in [-0.2, -0.15) is 4.68 Å². The molecule has 1 aliphatic heterocycles. The molecule has 1 unspecified atom stereocenters. The predicted molar refractivity (Wildman–Crippen MR) is 78.1 cm³/mol. The lowest BCUT2D eigenvalue weighted by atomic mass is 10.1. The number of hydrogen-bond acceptors (Lipinski definition) is 5. The fraction of sp³-hybridized carbons (Fsp3) is 0.500. The number of piperidine rings is 1. The van der Waals surface area contributed by atoms with Gasteiger partial charge in [-0.05, 0) is 48.9 Å². The molecule has 0 aliphatic carbocycles. The van der Waals surface area contributed by atoms with Crippen molar-refractivity contribution in [3.63, 3.8) is 0 Å². The van der Waals surface area contributed by atoms with Crippen LogP contribution in [0.3, 0.4) is 0 Å². The molecule has 1 N–H and O–H groups in total. The normalized spacial score (nSPS) is 18.9. The van der Waals surface area contributed by atoms with Crippen LogP contribution in [-0.4, -0.2) is 45.9 Å². The monoisotopic (exact) mass is 272 g/mol. The third-order valence-corrected chi connectivity index (χ3v) is 3.76. The fourth-order valence-electron chi connectivity index (χ4n) is 2.76. The summed E-state index contributed by atoms with van der Waals surface area (Å²) >= 11 is 0. The van der Waals surface area contributed by atoms with Crippen molar-refractivity contribution in [3.05, 3.63) is 30.3 Å². The van der Waals surface area contributed by atoms with E-state index in [1.165, 1.54) is 12.8 Å². The lowest BCUT2D eigenvalue weighted by Gasteiger charge is -2.34. The summed E-state index contributed by atoms with van der Waals surface area (Å²) in [6.45, 7) is 5.16. The van der Waals surface area contributed by atoms with E-state index in [-0.39, 0.29) is 0 Å². The van der Waals surface area contributed by atoms with Gasteiger partial charge in [0.25, 0.3) is 5.95 Å². The minimum absolute atomic E-state index is 0.460. The lowest BCUT2D eigenvalue weighted by molar-refractivity contribution is 0.429. The summed E-state index contributed by atoms with van der Waals surface area (Å²) in [5, 5.41) is 15.7. The number of para-hydroxylation sites is 1. The quantitative estimate of drug-likeness (QED) is 0.907. The number of rotatable bonds is 4. The number of aromatic nitrogens is 4. The van der Waals surface area contributed by atoms with Crippen LogP contribution in [0.1, 0.15) is 19.8 Å². The summed E-state index contributed by atoms with van der Waals surface area (Å²) in [7, 11) is 0. The number of hydrogen-bond donors (Lipinski definition) is 1. The minimum atomic E-state index is 0.460. The number of nitrogens with zero attached hydrogens (tertiary/aromatic N) is 5. The molecule has 1 saturated heterocycles. The second-order valence-electron chi connectivity index (χ2n) is 5.01. The van der Waals surface area contributed by atoms with Crippen molar-refractivity contribution in [2.75, 3.05) is 24.5 Å².